The third kappa shape index (κ3) is 5.00. The molecule has 0 bridgehead atoms. The molecule has 286 valence electrons. The molecular weight excluding hydrogens is 769 g/mol. The molecule has 0 N–H and O–H groups in total. The molecule has 0 aliphatic carbocycles. The van der Waals surface area contributed by atoms with Crippen LogP contribution in [-0.4, -0.2) is 9.38 Å². The first-order valence-corrected chi connectivity index (χ1v) is 22.1. The summed E-state index contributed by atoms with van der Waals surface area (Å²) in [4.78, 5) is 5.44. The van der Waals surface area contributed by atoms with Crippen LogP contribution in [0, 0.1) is 0 Å². The normalized spacial score (nSPS) is 12.2. The summed E-state index contributed by atoms with van der Waals surface area (Å²) in [7, 11) is 0. The number of hydrogen-bond acceptors (Lipinski definition) is 2. The Morgan fingerprint density at radius 1 is 0.323 bits per heavy atom. The lowest BCUT2D eigenvalue weighted by Gasteiger charge is -2.12. The van der Waals surface area contributed by atoms with Gasteiger partial charge in [-0.05, 0) is 141 Å². The van der Waals surface area contributed by atoms with Crippen molar-refractivity contribution in [2.45, 2.75) is 0 Å². The molecule has 3 aromatic heterocycles. The average Bonchev–Trinajstić information content (AvgIpc) is 3.89. The molecule has 62 heavy (non-hydrogen) atoms. The van der Waals surface area contributed by atoms with E-state index in [0.29, 0.717) is 0 Å². The molecule has 0 saturated carbocycles. The highest BCUT2D eigenvalue weighted by Crippen LogP contribution is 2.43. The van der Waals surface area contributed by atoms with Crippen molar-refractivity contribution in [1.29, 1.82) is 0 Å². The molecule has 3 heteroatoms. The largest absolute Gasteiger partial charge is 0.291 e. The van der Waals surface area contributed by atoms with Gasteiger partial charge in [0.1, 0.15) is 0 Å². The van der Waals surface area contributed by atoms with Crippen LogP contribution < -0.4 is 0 Å². The van der Waals surface area contributed by atoms with E-state index in [4.69, 9.17) is 4.98 Å². The van der Waals surface area contributed by atoms with E-state index in [1.165, 1.54) is 107 Å². The summed E-state index contributed by atoms with van der Waals surface area (Å²) < 4.78 is 4.90. The lowest BCUT2D eigenvalue weighted by atomic mass is 9.92. The van der Waals surface area contributed by atoms with E-state index in [2.05, 4.69) is 211 Å². The first-order chi connectivity index (χ1) is 30.7. The van der Waals surface area contributed by atoms with E-state index in [1.54, 1.807) is 0 Å². The van der Waals surface area contributed by atoms with E-state index in [1.807, 2.05) is 11.3 Å². The van der Waals surface area contributed by atoms with Crippen molar-refractivity contribution in [2.24, 2.45) is 0 Å². The standard InChI is InChI=1S/C59H34N2S/c1-2-10-40-28-45-32-56-54(31-44(45)27-39(40)9-1)60-59-58-53(52-30-41-11-3-4-12-42(41)33-57(52)62-58)34-55(61(56)59)38-23-21-36(22-24-38)35-17-19-37(20-18-35)43-25-26-50-48-15-6-5-13-46(48)47-14-7-8-16-49(47)51(50)29-43/h1-34H. The Bertz CT molecular complexity index is 4140. The van der Waals surface area contributed by atoms with Gasteiger partial charge in [0.15, 0.2) is 5.65 Å². The fourth-order valence-corrected chi connectivity index (χ4v) is 11.4. The molecule has 0 aliphatic rings. The number of fused-ring (bicyclic) bond motifs is 16. The maximum absolute atomic E-state index is 5.44. The Labute approximate surface area is 360 Å². The molecule has 0 saturated heterocycles. The van der Waals surface area contributed by atoms with Crippen molar-refractivity contribution in [3.8, 4) is 33.5 Å². The van der Waals surface area contributed by atoms with E-state index >= 15 is 0 Å². The minimum atomic E-state index is 1.01. The molecular formula is C59H34N2S. The van der Waals surface area contributed by atoms with Gasteiger partial charge < -0.3 is 0 Å². The zero-order chi connectivity index (χ0) is 40.5. The number of hydrogen-bond donors (Lipinski definition) is 0. The quantitative estimate of drug-likeness (QED) is 0.128. The van der Waals surface area contributed by atoms with Gasteiger partial charge in [-0.15, -0.1) is 11.3 Å². The van der Waals surface area contributed by atoms with Gasteiger partial charge in [-0.1, -0.05) is 158 Å². The number of nitrogens with zero attached hydrogens (tertiary/aromatic N) is 2. The average molecular weight is 803 g/mol. The van der Waals surface area contributed by atoms with Crippen molar-refractivity contribution in [1.82, 2.24) is 9.38 Å². The Kier molecular flexibility index (Phi) is 7.02. The number of rotatable bonds is 3. The second-order valence-electron chi connectivity index (χ2n) is 16.7. The van der Waals surface area contributed by atoms with Gasteiger partial charge in [0.25, 0.3) is 0 Å². The van der Waals surface area contributed by atoms with Crippen LogP contribution in [0.25, 0.3) is 135 Å². The van der Waals surface area contributed by atoms with Gasteiger partial charge >= 0.3 is 0 Å². The number of imidazole rings is 1. The molecule has 0 unspecified atom stereocenters. The monoisotopic (exact) mass is 802 g/mol. The topological polar surface area (TPSA) is 17.3 Å². The molecule has 0 spiro atoms. The van der Waals surface area contributed by atoms with Crippen LogP contribution in [0.4, 0.5) is 0 Å². The summed E-state index contributed by atoms with van der Waals surface area (Å²) >= 11 is 1.85. The number of thiophene rings is 1. The van der Waals surface area contributed by atoms with Crippen molar-refractivity contribution in [3.05, 3.63) is 206 Å². The zero-order valence-corrected chi connectivity index (χ0v) is 34.2. The first kappa shape index (κ1) is 33.9. The smallest absolute Gasteiger partial charge is 0.156 e. The molecule has 0 aliphatic heterocycles. The van der Waals surface area contributed by atoms with Crippen LogP contribution >= 0.6 is 11.3 Å². The van der Waals surface area contributed by atoms with E-state index in [0.717, 1.165) is 27.9 Å². The number of aromatic nitrogens is 2. The Hall–Kier alpha value is -7.85. The Morgan fingerprint density at radius 2 is 0.806 bits per heavy atom. The van der Waals surface area contributed by atoms with Crippen LogP contribution in [-0.2, 0) is 0 Å². The van der Waals surface area contributed by atoms with Gasteiger partial charge in [-0.2, -0.15) is 0 Å². The van der Waals surface area contributed by atoms with Crippen LogP contribution in [0.2, 0.25) is 0 Å². The summed E-state index contributed by atoms with van der Waals surface area (Å²) in [5, 5.41) is 17.7. The van der Waals surface area contributed by atoms with Crippen molar-refractivity contribution in [2.75, 3.05) is 0 Å². The fourth-order valence-electron chi connectivity index (χ4n) is 10.2. The molecule has 11 aromatic carbocycles. The van der Waals surface area contributed by atoms with Gasteiger partial charge in [0.2, 0.25) is 0 Å². The van der Waals surface area contributed by atoms with Crippen LogP contribution in [0.5, 0.6) is 0 Å². The SMILES string of the molecule is c1ccc2cc3cc4c(cc3cc2c1)nc1c2sc3cc5ccccc5cc3c2cc(-c2ccc(-c3ccc(-c5ccc6c7ccccc7c7ccccc7c6c5)cc3)cc2)n41. The lowest BCUT2D eigenvalue weighted by molar-refractivity contribution is 1.25. The molecule has 0 atom stereocenters. The molecule has 14 rings (SSSR count). The van der Waals surface area contributed by atoms with Gasteiger partial charge in [0, 0.05) is 15.5 Å². The highest BCUT2D eigenvalue weighted by molar-refractivity contribution is 7.26. The molecule has 0 radical (unpaired) electrons. The van der Waals surface area contributed by atoms with Gasteiger partial charge in [-0.3, -0.25) is 4.40 Å². The van der Waals surface area contributed by atoms with Crippen LogP contribution in [0.15, 0.2) is 206 Å². The third-order valence-corrected chi connectivity index (χ3v) is 14.4. The second kappa shape index (κ2) is 12.8. The van der Waals surface area contributed by atoms with E-state index in [-0.39, 0.29) is 0 Å². The zero-order valence-electron chi connectivity index (χ0n) is 33.4. The lowest BCUT2D eigenvalue weighted by Crippen LogP contribution is -1.93. The maximum atomic E-state index is 5.44. The second-order valence-corrected chi connectivity index (χ2v) is 17.8. The molecule has 3 heterocycles. The predicted molar refractivity (Wildman–Crippen MR) is 267 cm³/mol. The fraction of sp³-hybridized carbons (Fsp3) is 0. The van der Waals surface area contributed by atoms with Crippen molar-refractivity contribution in [3.63, 3.8) is 0 Å². The molecule has 14 aromatic rings. The minimum absolute atomic E-state index is 1.01. The third-order valence-electron chi connectivity index (χ3n) is 13.3. The summed E-state index contributed by atoms with van der Waals surface area (Å²) in [6, 6.07) is 76.3. The Morgan fingerprint density at radius 3 is 1.44 bits per heavy atom. The number of benzene rings is 11. The molecule has 0 amide bonds. The highest BCUT2D eigenvalue weighted by atomic mass is 32.1. The van der Waals surface area contributed by atoms with Crippen LogP contribution in [0.3, 0.4) is 0 Å². The molecule has 2 nitrogen and oxygen atoms in total. The molecule has 0 fully saturated rings. The predicted octanol–water partition coefficient (Wildman–Crippen LogP) is 16.8. The van der Waals surface area contributed by atoms with Crippen LogP contribution in [0.1, 0.15) is 0 Å². The van der Waals surface area contributed by atoms with E-state index in [9.17, 15) is 0 Å². The summed E-state index contributed by atoms with van der Waals surface area (Å²) in [6.07, 6.45) is 0. The van der Waals surface area contributed by atoms with Crippen molar-refractivity contribution >= 4 is 113 Å². The summed E-state index contributed by atoms with van der Waals surface area (Å²) in [6.45, 7) is 0. The van der Waals surface area contributed by atoms with E-state index < -0.39 is 0 Å². The summed E-state index contributed by atoms with van der Waals surface area (Å²) in [5.41, 5.74) is 10.3. The Balaban J connectivity index is 0.901. The maximum Gasteiger partial charge on any atom is 0.156 e. The van der Waals surface area contributed by atoms with Crippen molar-refractivity contribution < 1.29 is 0 Å². The summed E-state index contributed by atoms with van der Waals surface area (Å²) in [5.74, 6) is 0. The minimum Gasteiger partial charge on any atom is -0.291 e. The number of pyridine rings is 1. The first-order valence-electron chi connectivity index (χ1n) is 21.3. The van der Waals surface area contributed by atoms with Gasteiger partial charge in [-0.25, -0.2) is 4.98 Å². The van der Waals surface area contributed by atoms with Gasteiger partial charge in [0.05, 0.1) is 21.4 Å². The highest BCUT2D eigenvalue weighted by Gasteiger charge is 2.19.